The Morgan fingerprint density at radius 2 is 2.00 bits per heavy atom. The van der Waals surface area contributed by atoms with Crippen LogP contribution >= 0.6 is 0 Å². The molecule has 0 saturated carbocycles. The van der Waals surface area contributed by atoms with E-state index in [1.807, 2.05) is 24.3 Å². The van der Waals surface area contributed by atoms with Gasteiger partial charge in [-0.3, -0.25) is 4.79 Å². The van der Waals surface area contributed by atoms with E-state index in [1.54, 1.807) is 0 Å². The van der Waals surface area contributed by atoms with Crippen molar-refractivity contribution in [1.29, 1.82) is 0 Å². The molecule has 0 radical (unpaired) electrons. The van der Waals surface area contributed by atoms with Crippen molar-refractivity contribution in [2.24, 2.45) is 0 Å². The van der Waals surface area contributed by atoms with Gasteiger partial charge in [-0.2, -0.15) is 0 Å². The first-order valence-corrected chi connectivity index (χ1v) is 7.49. The van der Waals surface area contributed by atoms with Crippen LogP contribution in [0, 0.1) is 0 Å². The minimum absolute atomic E-state index is 0.0168. The van der Waals surface area contributed by atoms with Crippen molar-refractivity contribution >= 4 is 11.6 Å². The van der Waals surface area contributed by atoms with E-state index in [2.05, 4.69) is 17.6 Å². The van der Waals surface area contributed by atoms with Gasteiger partial charge in [0.2, 0.25) is 5.91 Å². The van der Waals surface area contributed by atoms with Crippen LogP contribution in [0.1, 0.15) is 31.7 Å². The average molecular weight is 276 g/mol. The number of piperidine rings is 1. The summed E-state index contributed by atoms with van der Waals surface area (Å²) in [5.74, 6) is 0.0168. The highest BCUT2D eigenvalue weighted by molar-refractivity contribution is 5.90. The number of carbonyl (C=O) groups is 1. The molecule has 1 heterocycles. The molecule has 0 aromatic heterocycles. The molecular weight excluding hydrogens is 252 g/mol. The molecule has 1 aromatic carbocycles. The van der Waals surface area contributed by atoms with Gasteiger partial charge in [-0.05, 0) is 50.0 Å². The number of nitrogens with one attached hydrogen (secondary N) is 2. The largest absolute Gasteiger partial charge is 0.378 e. The monoisotopic (exact) mass is 276 g/mol. The quantitative estimate of drug-likeness (QED) is 0.838. The summed E-state index contributed by atoms with van der Waals surface area (Å²) in [6.07, 6.45) is 3.82. The number of aryl methyl sites for hydroxylation is 1. The van der Waals surface area contributed by atoms with Crippen LogP contribution in [-0.4, -0.2) is 31.7 Å². The van der Waals surface area contributed by atoms with Gasteiger partial charge in [-0.1, -0.05) is 19.1 Å². The summed E-state index contributed by atoms with van der Waals surface area (Å²) >= 11 is 0. The summed E-state index contributed by atoms with van der Waals surface area (Å²) in [5.41, 5.74) is 2.13. The summed E-state index contributed by atoms with van der Waals surface area (Å²) in [5, 5.41) is 6.20. The zero-order valence-electron chi connectivity index (χ0n) is 12.2. The highest BCUT2D eigenvalue weighted by Crippen LogP contribution is 2.11. The van der Waals surface area contributed by atoms with E-state index in [9.17, 15) is 4.79 Å². The van der Waals surface area contributed by atoms with Gasteiger partial charge >= 0.3 is 0 Å². The lowest BCUT2D eigenvalue weighted by atomic mass is 10.1. The number of carbonyl (C=O) groups excluding carboxylic acids is 1. The molecule has 2 N–H and O–H groups in total. The third-order valence-electron chi connectivity index (χ3n) is 3.61. The molecule has 0 bridgehead atoms. The van der Waals surface area contributed by atoms with Crippen LogP contribution in [0.2, 0.25) is 0 Å². The van der Waals surface area contributed by atoms with Crippen molar-refractivity contribution in [2.45, 2.75) is 38.7 Å². The Balaban J connectivity index is 1.66. The van der Waals surface area contributed by atoms with Gasteiger partial charge in [0, 0.05) is 5.69 Å². The number of hydrogen-bond acceptors (Lipinski definition) is 3. The lowest BCUT2D eigenvalue weighted by molar-refractivity contribution is -0.117. The molecule has 0 atom stereocenters. The zero-order valence-corrected chi connectivity index (χ0v) is 12.2. The smallest absolute Gasteiger partial charge is 0.226 e. The highest BCUT2D eigenvalue weighted by Gasteiger charge is 2.13. The number of benzene rings is 1. The van der Waals surface area contributed by atoms with Crippen molar-refractivity contribution in [2.75, 3.05) is 25.0 Å². The van der Waals surface area contributed by atoms with E-state index in [4.69, 9.17) is 4.74 Å². The van der Waals surface area contributed by atoms with Gasteiger partial charge in [0.25, 0.3) is 0 Å². The van der Waals surface area contributed by atoms with Gasteiger partial charge in [-0.15, -0.1) is 0 Å². The Kier molecular flexibility index (Phi) is 6.02. The van der Waals surface area contributed by atoms with Crippen molar-refractivity contribution in [3.05, 3.63) is 29.8 Å². The molecule has 1 aliphatic heterocycles. The number of rotatable bonds is 6. The molecule has 4 nitrogen and oxygen atoms in total. The molecule has 0 unspecified atom stereocenters. The molecule has 2 rings (SSSR count). The molecule has 110 valence electrons. The maximum Gasteiger partial charge on any atom is 0.226 e. The summed E-state index contributed by atoms with van der Waals surface area (Å²) in [6, 6.07) is 7.98. The minimum Gasteiger partial charge on any atom is -0.378 e. The fraction of sp³-hybridized carbons (Fsp3) is 0.562. The number of anilines is 1. The van der Waals surface area contributed by atoms with Crippen molar-refractivity contribution in [3.8, 4) is 0 Å². The van der Waals surface area contributed by atoms with E-state index in [-0.39, 0.29) is 5.91 Å². The lowest BCUT2D eigenvalue weighted by Crippen LogP contribution is -2.33. The summed E-state index contributed by atoms with van der Waals surface area (Å²) in [6.45, 7) is 4.65. The Morgan fingerprint density at radius 3 is 2.65 bits per heavy atom. The van der Waals surface area contributed by atoms with Crippen molar-refractivity contribution in [1.82, 2.24) is 5.32 Å². The summed E-state index contributed by atoms with van der Waals surface area (Å²) in [7, 11) is 0. The second kappa shape index (κ2) is 8.02. The van der Waals surface area contributed by atoms with Crippen LogP contribution in [0.25, 0.3) is 0 Å². The van der Waals surface area contributed by atoms with E-state index in [1.165, 1.54) is 5.56 Å². The summed E-state index contributed by atoms with van der Waals surface area (Å²) in [4.78, 5) is 11.8. The first-order chi connectivity index (χ1) is 9.78. The molecule has 20 heavy (non-hydrogen) atoms. The molecule has 0 aliphatic carbocycles. The number of amides is 1. The second-order valence-corrected chi connectivity index (χ2v) is 5.17. The predicted octanol–water partition coefficient (Wildman–Crippen LogP) is 2.35. The number of hydrogen-bond donors (Lipinski definition) is 2. The lowest BCUT2D eigenvalue weighted by Gasteiger charge is -2.22. The maximum atomic E-state index is 11.8. The third-order valence-corrected chi connectivity index (χ3v) is 3.61. The molecule has 1 aromatic rings. The fourth-order valence-electron chi connectivity index (χ4n) is 2.33. The molecule has 0 spiro atoms. The Labute approximate surface area is 120 Å². The molecule has 1 aliphatic rings. The van der Waals surface area contributed by atoms with Crippen molar-refractivity contribution < 1.29 is 9.53 Å². The maximum absolute atomic E-state index is 11.8. The molecule has 4 heteroatoms. The van der Waals surface area contributed by atoms with Gasteiger partial charge in [0.05, 0.1) is 19.1 Å². The molecule has 1 fully saturated rings. The topological polar surface area (TPSA) is 50.4 Å². The van der Waals surface area contributed by atoms with Gasteiger partial charge in [0.1, 0.15) is 0 Å². The van der Waals surface area contributed by atoms with Gasteiger partial charge < -0.3 is 15.4 Å². The van der Waals surface area contributed by atoms with E-state index < -0.39 is 0 Å². The summed E-state index contributed by atoms with van der Waals surface area (Å²) < 4.78 is 5.73. The Hall–Kier alpha value is -1.39. The third kappa shape index (κ3) is 4.94. The van der Waals surface area contributed by atoms with Gasteiger partial charge in [-0.25, -0.2) is 0 Å². The second-order valence-electron chi connectivity index (χ2n) is 5.17. The van der Waals surface area contributed by atoms with E-state index in [0.29, 0.717) is 19.1 Å². The first kappa shape index (κ1) is 15.0. The average Bonchev–Trinajstić information content (AvgIpc) is 2.49. The van der Waals surface area contributed by atoms with E-state index in [0.717, 1.165) is 38.0 Å². The van der Waals surface area contributed by atoms with Crippen LogP contribution in [0.15, 0.2) is 24.3 Å². The Bertz CT molecular complexity index is 411. The fourth-order valence-corrected chi connectivity index (χ4v) is 2.33. The zero-order chi connectivity index (χ0) is 14.2. The van der Waals surface area contributed by atoms with E-state index >= 15 is 0 Å². The number of ether oxygens (including phenoxy) is 1. The SMILES string of the molecule is CCc1ccc(NC(=O)CCOC2CCNCC2)cc1. The Morgan fingerprint density at radius 1 is 1.30 bits per heavy atom. The molecule has 1 saturated heterocycles. The molecule has 1 amide bonds. The standard InChI is InChI=1S/C16H24N2O2/c1-2-13-3-5-14(6-4-13)18-16(19)9-12-20-15-7-10-17-11-8-15/h3-6,15,17H,2,7-12H2,1H3,(H,18,19). The van der Waals surface area contributed by atoms with Crippen LogP contribution < -0.4 is 10.6 Å². The van der Waals surface area contributed by atoms with Crippen LogP contribution in [0.4, 0.5) is 5.69 Å². The van der Waals surface area contributed by atoms with Gasteiger partial charge in [0.15, 0.2) is 0 Å². The van der Waals surface area contributed by atoms with Crippen LogP contribution in [-0.2, 0) is 16.0 Å². The minimum atomic E-state index is 0.0168. The predicted molar refractivity (Wildman–Crippen MR) is 80.9 cm³/mol. The molecular formula is C16H24N2O2. The first-order valence-electron chi connectivity index (χ1n) is 7.49. The van der Waals surface area contributed by atoms with Crippen molar-refractivity contribution in [3.63, 3.8) is 0 Å². The van der Waals surface area contributed by atoms with Crippen LogP contribution in [0.3, 0.4) is 0 Å². The highest BCUT2D eigenvalue weighted by atomic mass is 16.5. The normalized spacial score (nSPS) is 16.1. The van der Waals surface area contributed by atoms with Crippen LogP contribution in [0.5, 0.6) is 0 Å².